The Morgan fingerprint density at radius 2 is 2.33 bits per heavy atom. The van der Waals surface area contributed by atoms with E-state index in [-0.39, 0.29) is 6.10 Å². The summed E-state index contributed by atoms with van der Waals surface area (Å²) < 4.78 is 1.91. The van der Waals surface area contributed by atoms with Crippen molar-refractivity contribution in [2.45, 2.75) is 11.3 Å². The highest BCUT2D eigenvalue weighted by Crippen LogP contribution is 2.17. The summed E-state index contributed by atoms with van der Waals surface area (Å²) in [6, 6.07) is 5.76. The zero-order valence-corrected chi connectivity index (χ0v) is 10.3. The van der Waals surface area contributed by atoms with Crippen molar-refractivity contribution in [3.63, 3.8) is 0 Å². The summed E-state index contributed by atoms with van der Waals surface area (Å²) in [5.74, 6) is 0.612. The maximum atomic E-state index is 9.40. The van der Waals surface area contributed by atoms with Crippen molar-refractivity contribution < 1.29 is 5.11 Å². The quantitative estimate of drug-likeness (QED) is 0.685. The van der Waals surface area contributed by atoms with Crippen LogP contribution in [-0.2, 0) is 0 Å². The van der Waals surface area contributed by atoms with Gasteiger partial charge in [0, 0.05) is 17.3 Å². The van der Waals surface area contributed by atoms with Crippen LogP contribution < -0.4 is 0 Å². The van der Waals surface area contributed by atoms with Crippen LogP contribution >= 0.6 is 27.7 Å². The largest absolute Gasteiger partial charge is 0.391 e. The van der Waals surface area contributed by atoms with Crippen LogP contribution in [0.5, 0.6) is 0 Å². The lowest BCUT2D eigenvalue weighted by Crippen LogP contribution is -2.11. The van der Waals surface area contributed by atoms with E-state index in [1.54, 1.807) is 0 Å². The van der Waals surface area contributed by atoms with E-state index in [1.807, 2.05) is 28.8 Å². The highest BCUT2D eigenvalue weighted by Gasteiger charge is 2.08. The fraction of sp³-hybridized carbons (Fsp3) is 0.333. The van der Waals surface area contributed by atoms with E-state index in [9.17, 15) is 5.11 Å². The molecule has 15 heavy (non-hydrogen) atoms. The van der Waals surface area contributed by atoms with Crippen molar-refractivity contribution >= 4 is 33.3 Å². The zero-order chi connectivity index (χ0) is 10.7. The van der Waals surface area contributed by atoms with Crippen LogP contribution in [0.1, 0.15) is 0 Å². The van der Waals surface area contributed by atoms with Gasteiger partial charge in [0.25, 0.3) is 0 Å². The van der Waals surface area contributed by atoms with Gasteiger partial charge in [0.05, 0.1) is 6.10 Å². The summed E-state index contributed by atoms with van der Waals surface area (Å²) in [5, 5.41) is 18.9. The molecule has 0 aliphatic rings. The fourth-order valence-electron chi connectivity index (χ4n) is 1.13. The minimum atomic E-state index is -0.355. The summed E-state index contributed by atoms with van der Waals surface area (Å²) in [6.45, 7) is 0. The predicted octanol–water partition coefficient (Wildman–Crippen LogP) is 1.58. The monoisotopic (exact) mass is 287 g/mol. The number of nitrogens with zero attached hydrogens (tertiary/aromatic N) is 3. The molecule has 80 valence electrons. The lowest BCUT2D eigenvalue weighted by Gasteiger charge is -2.04. The molecule has 2 aromatic rings. The van der Waals surface area contributed by atoms with E-state index in [4.69, 9.17) is 0 Å². The molecular weight excluding hydrogens is 278 g/mol. The lowest BCUT2D eigenvalue weighted by molar-refractivity contribution is 0.226. The molecule has 0 aliphatic heterocycles. The number of halogens is 1. The molecule has 0 aliphatic carbocycles. The molecule has 2 aromatic heterocycles. The van der Waals surface area contributed by atoms with Crippen molar-refractivity contribution in [1.29, 1.82) is 0 Å². The van der Waals surface area contributed by atoms with Crippen molar-refractivity contribution in [2.24, 2.45) is 0 Å². The third kappa shape index (κ3) is 2.50. The molecule has 0 saturated carbocycles. The summed E-state index contributed by atoms with van der Waals surface area (Å²) in [7, 11) is 0. The van der Waals surface area contributed by atoms with Gasteiger partial charge in [0.2, 0.25) is 0 Å². The number of thioether (sulfide) groups is 1. The number of rotatable bonds is 4. The number of alkyl halides is 1. The van der Waals surface area contributed by atoms with Crippen molar-refractivity contribution in [3.8, 4) is 0 Å². The maximum Gasteiger partial charge on any atom is 0.195 e. The molecule has 0 amide bonds. The second-order valence-electron chi connectivity index (χ2n) is 3.03. The third-order valence-electron chi connectivity index (χ3n) is 1.87. The molecule has 4 nitrogen and oxygen atoms in total. The Balaban J connectivity index is 2.14. The first-order chi connectivity index (χ1) is 7.31. The SMILES string of the molecule is OC(CBr)CSc1nnc2ccccn12. The van der Waals surface area contributed by atoms with Gasteiger partial charge >= 0.3 is 0 Å². The van der Waals surface area contributed by atoms with E-state index in [0.29, 0.717) is 11.1 Å². The van der Waals surface area contributed by atoms with Gasteiger partial charge in [-0.2, -0.15) is 0 Å². The normalized spacial score (nSPS) is 13.2. The van der Waals surface area contributed by atoms with E-state index in [0.717, 1.165) is 10.8 Å². The van der Waals surface area contributed by atoms with Crippen molar-refractivity contribution in [3.05, 3.63) is 24.4 Å². The van der Waals surface area contributed by atoms with Crippen LogP contribution in [0.4, 0.5) is 0 Å². The summed E-state index contributed by atoms with van der Waals surface area (Å²) in [4.78, 5) is 0. The first-order valence-electron chi connectivity index (χ1n) is 4.48. The van der Waals surface area contributed by atoms with Gasteiger partial charge in [0.1, 0.15) is 0 Å². The standard InChI is InChI=1S/C9H10BrN3OS/c10-5-7(14)6-15-9-12-11-8-3-1-2-4-13(8)9/h1-4,7,14H,5-6H2. The van der Waals surface area contributed by atoms with Crippen LogP contribution in [0.3, 0.4) is 0 Å². The Morgan fingerprint density at radius 1 is 1.47 bits per heavy atom. The average molecular weight is 288 g/mol. The lowest BCUT2D eigenvalue weighted by atomic mass is 10.5. The first-order valence-corrected chi connectivity index (χ1v) is 6.58. The third-order valence-corrected chi connectivity index (χ3v) is 3.70. The van der Waals surface area contributed by atoms with Gasteiger partial charge in [-0.1, -0.05) is 33.8 Å². The molecule has 0 saturated heterocycles. The minimum Gasteiger partial charge on any atom is -0.391 e. The summed E-state index contributed by atoms with van der Waals surface area (Å²) in [5.41, 5.74) is 0.827. The van der Waals surface area contributed by atoms with Gasteiger partial charge in [0.15, 0.2) is 10.8 Å². The minimum absolute atomic E-state index is 0.355. The highest BCUT2D eigenvalue weighted by molar-refractivity contribution is 9.09. The number of aliphatic hydroxyl groups excluding tert-OH is 1. The molecule has 0 fully saturated rings. The zero-order valence-electron chi connectivity index (χ0n) is 7.88. The predicted molar refractivity (Wildman–Crippen MR) is 63.5 cm³/mol. The van der Waals surface area contributed by atoms with Gasteiger partial charge in [-0.15, -0.1) is 10.2 Å². The van der Waals surface area contributed by atoms with E-state index in [2.05, 4.69) is 26.1 Å². The molecule has 2 rings (SSSR count). The molecule has 2 heterocycles. The topological polar surface area (TPSA) is 50.4 Å². The number of hydrogen-bond acceptors (Lipinski definition) is 4. The molecule has 6 heteroatoms. The van der Waals surface area contributed by atoms with Gasteiger partial charge in [-0.25, -0.2) is 0 Å². The molecule has 0 radical (unpaired) electrons. The smallest absolute Gasteiger partial charge is 0.195 e. The number of hydrogen-bond donors (Lipinski definition) is 1. The number of pyridine rings is 1. The van der Waals surface area contributed by atoms with E-state index < -0.39 is 0 Å². The Labute approximate surface area is 99.8 Å². The Hall–Kier alpha value is -0.590. The summed E-state index contributed by atoms with van der Waals surface area (Å²) in [6.07, 6.45) is 1.56. The maximum absolute atomic E-state index is 9.40. The molecule has 1 N–H and O–H groups in total. The van der Waals surface area contributed by atoms with Crippen molar-refractivity contribution in [1.82, 2.24) is 14.6 Å². The van der Waals surface area contributed by atoms with Crippen LogP contribution in [0.25, 0.3) is 5.65 Å². The average Bonchev–Trinajstić information content (AvgIpc) is 2.69. The van der Waals surface area contributed by atoms with Gasteiger partial charge in [-0.3, -0.25) is 4.40 Å². The number of fused-ring (bicyclic) bond motifs is 1. The molecule has 0 aromatic carbocycles. The molecule has 0 spiro atoms. The Bertz CT molecular complexity index is 448. The fourth-order valence-corrected chi connectivity index (χ4v) is 2.52. The Kier molecular flexibility index (Phi) is 3.61. The van der Waals surface area contributed by atoms with Gasteiger partial charge in [-0.05, 0) is 12.1 Å². The molecule has 1 unspecified atom stereocenters. The molecule has 1 atom stereocenters. The second-order valence-corrected chi connectivity index (χ2v) is 4.67. The van der Waals surface area contributed by atoms with Crippen LogP contribution in [0.15, 0.2) is 29.6 Å². The first kappa shape index (κ1) is 10.9. The molecule has 0 bridgehead atoms. The van der Waals surface area contributed by atoms with Crippen LogP contribution in [0, 0.1) is 0 Å². The number of aromatic nitrogens is 3. The van der Waals surface area contributed by atoms with Crippen LogP contribution in [0.2, 0.25) is 0 Å². The van der Waals surface area contributed by atoms with E-state index >= 15 is 0 Å². The Morgan fingerprint density at radius 3 is 3.13 bits per heavy atom. The second kappa shape index (κ2) is 4.96. The van der Waals surface area contributed by atoms with Crippen molar-refractivity contribution in [2.75, 3.05) is 11.1 Å². The molecular formula is C9H10BrN3OS. The van der Waals surface area contributed by atoms with E-state index in [1.165, 1.54) is 11.8 Å². The van der Waals surface area contributed by atoms with Gasteiger partial charge < -0.3 is 5.11 Å². The van der Waals surface area contributed by atoms with Crippen LogP contribution in [-0.4, -0.2) is 36.9 Å². The highest BCUT2D eigenvalue weighted by atomic mass is 79.9. The summed E-state index contributed by atoms with van der Waals surface area (Å²) >= 11 is 4.72. The number of aliphatic hydroxyl groups is 1.